The Kier molecular flexibility index (Phi) is 4.97. The zero-order valence-electron chi connectivity index (χ0n) is 17.7. The summed E-state index contributed by atoms with van der Waals surface area (Å²) in [6.45, 7) is 5.35. The number of carbonyl (C=O) groups is 1. The Morgan fingerprint density at radius 2 is 2.00 bits per heavy atom. The minimum absolute atomic E-state index is 0.00596. The average Bonchev–Trinajstić information content (AvgIpc) is 3.43. The molecule has 1 aromatic heterocycles. The maximum Gasteiger partial charge on any atom is 0.281 e. The number of nitrogens with zero attached hydrogens (tertiary/aromatic N) is 5. The summed E-state index contributed by atoms with van der Waals surface area (Å²) in [5.41, 5.74) is 1.81. The maximum atomic E-state index is 13.6. The van der Waals surface area contributed by atoms with Crippen LogP contribution in [-0.2, 0) is 6.54 Å². The Morgan fingerprint density at radius 1 is 1.20 bits per heavy atom. The Hall–Kier alpha value is -2.48. The highest BCUT2D eigenvalue weighted by Crippen LogP contribution is 2.42. The molecule has 3 heterocycles. The van der Waals surface area contributed by atoms with Gasteiger partial charge in [-0.05, 0) is 49.6 Å². The molecule has 1 aromatic carbocycles. The smallest absolute Gasteiger partial charge is 0.281 e. The quantitative estimate of drug-likeness (QED) is 0.662. The van der Waals surface area contributed by atoms with E-state index < -0.39 is 0 Å². The van der Waals surface area contributed by atoms with Gasteiger partial charge >= 0.3 is 0 Å². The van der Waals surface area contributed by atoms with Gasteiger partial charge in [0.25, 0.3) is 5.91 Å². The lowest BCUT2D eigenvalue weighted by Gasteiger charge is -2.35. The number of anilines is 1. The average molecular weight is 426 g/mol. The zero-order chi connectivity index (χ0) is 20.8. The summed E-state index contributed by atoms with van der Waals surface area (Å²) >= 11 is 1.68. The van der Waals surface area contributed by atoms with Crippen molar-refractivity contribution in [1.82, 2.24) is 14.5 Å². The molecule has 1 amide bonds. The first kappa shape index (κ1) is 19.5. The standard InChI is InChI=1S/C22H27N5O2S/c1-4-25-20(28)18-19(27-17-8-6-7-16(17)23-21(25)27)24-22(30-5-2)26(18)13-14-9-11-15(29-3)12-10-14/h9-12,16-17H,4-8,13H2,1-3H3/t16-,17+/m1/s1. The van der Waals surface area contributed by atoms with E-state index in [4.69, 9.17) is 14.7 Å². The van der Waals surface area contributed by atoms with Crippen LogP contribution in [0.1, 0.15) is 49.2 Å². The van der Waals surface area contributed by atoms with E-state index in [1.807, 2.05) is 36.1 Å². The lowest BCUT2D eigenvalue weighted by molar-refractivity contribution is 0.0835. The van der Waals surface area contributed by atoms with E-state index in [1.54, 1.807) is 18.9 Å². The molecule has 0 saturated heterocycles. The topological polar surface area (TPSA) is 63.0 Å². The van der Waals surface area contributed by atoms with Gasteiger partial charge in [0, 0.05) is 6.54 Å². The number of methoxy groups -OCH3 is 1. The van der Waals surface area contributed by atoms with Gasteiger partial charge in [0.15, 0.2) is 16.7 Å². The van der Waals surface area contributed by atoms with E-state index in [1.165, 1.54) is 6.42 Å². The van der Waals surface area contributed by atoms with Crippen LogP contribution in [0.25, 0.3) is 0 Å². The second kappa shape index (κ2) is 7.65. The molecule has 7 nitrogen and oxygen atoms in total. The minimum atomic E-state index is 0.00596. The zero-order valence-corrected chi connectivity index (χ0v) is 18.5. The highest BCUT2D eigenvalue weighted by molar-refractivity contribution is 7.99. The monoisotopic (exact) mass is 425 g/mol. The highest BCUT2D eigenvalue weighted by atomic mass is 32.2. The Bertz CT molecular complexity index is 1000. The lowest BCUT2D eigenvalue weighted by atomic mass is 10.1. The number of benzene rings is 1. The summed E-state index contributed by atoms with van der Waals surface area (Å²) in [4.78, 5) is 27.6. The van der Waals surface area contributed by atoms with Crippen LogP contribution in [0.5, 0.6) is 5.75 Å². The molecule has 2 aromatic rings. The molecular weight excluding hydrogens is 398 g/mol. The molecule has 8 heteroatoms. The molecule has 0 N–H and O–H groups in total. The largest absolute Gasteiger partial charge is 0.497 e. The third-order valence-electron chi connectivity index (χ3n) is 6.19. The number of thioether (sulfide) groups is 1. The van der Waals surface area contributed by atoms with Crippen molar-refractivity contribution in [2.45, 2.75) is 56.9 Å². The maximum absolute atomic E-state index is 13.6. The van der Waals surface area contributed by atoms with Gasteiger partial charge in [-0.3, -0.25) is 14.6 Å². The van der Waals surface area contributed by atoms with Crippen LogP contribution in [-0.4, -0.2) is 57.8 Å². The van der Waals surface area contributed by atoms with Crippen molar-refractivity contribution >= 4 is 29.4 Å². The fourth-order valence-electron chi connectivity index (χ4n) is 4.79. The van der Waals surface area contributed by atoms with Crippen LogP contribution < -0.4 is 9.64 Å². The molecule has 158 valence electrons. The molecule has 1 aliphatic carbocycles. The van der Waals surface area contributed by atoms with Crippen molar-refractivity contribution < 1.29 is 9.53 Å². The molecule has 1 fully saturated rings. The second-order valence-corrected chi connectivity index (χ2v) is 9.08. The van der Waals surface area contributed by atoms with Gasteiger partial charge in [-0.1, -0.05) is 30.8 Å². The predicted molar refractivity (Wildman–Crippen MR) is 119 cm³/mol. The molecule has 2 aliphatic heterocycles. The summed E-state index contributed by atoms with van der Waals surface area (Å²) in [7, 11) is 1.67. The molecule has 5 rings (SSSR count). The number of guanidine groups is 1. The molecule has 0 bridgehead atoms. The summed E-state index contributed by atoms with van der Waals surface area (Å²) in [5, 5.41) is 0.894. The first-order chi connectivity index (χ1) is 14.7. The molecule has 1 saturated carbocycles. The predicted octanol–water partition coefficient (Wildman–Crippen LogP) is 3.62. The molecule has 30 heavy (non-hydrogen) atoms. The normalized spacial score (nSPS) is 22.1. The van der Waals surface area contributed by atoms with E-state index in [-0.39, 0.29) is 11.9 Å². The number of imidazole rings is 1. The highest BCUT2D eigenvalue weighted by Gasteiger charge is 2.49. The van der Waals surface area contributed by atoms with Gasteiger partial charge in [-0.2, -0.15) is 0 Å². The first-order valence-corrected chi connectivity index (χ1v) is 11.7. The minimum Gasteiger partial charge on any atom is -0.497 e. The van der Waals surface area contributed by atoms with Crippen molar-refractivity contribution in [2.24, 2.45) is 4.99 Å². The van der Waals surface area contributed by atoms with E-state index >= 15 is 0 Å². The van der Waals surface area contributed by atoms with Gasteiger partial charge in [0.2, 0.25) is 5.96 Å². The Labute approximate surface area is 181 Å². The Balaban J connectivity index is 1.61. The fraction of sp³-hybridized carbons (Fsp3) is 0.500. The van der Waals surface area contributed by atoms with Crippen molar-refractivity contribution in [3.05, 3.63) is 35.5 Å². The van der Waals surface area contributed by atoms with E-state index in [0.717, 1.165) is 46.8 Å². The van der Waals surface area contributed by atoms with Crippen LogP contribution in [0.2, 0.25) is 0 Å². The van der Waals surface area contributed by atoms with E-state index in [0.29, 0.717) is 24.8 Å². The van der Waals surface area contributed by atoms with Gasteiger partial charge < -0.3 is 9.30 Å². The number of rotatable bonds is 6. The van der Waals surface area contributed by atoms with Crippen molar-refractivity contribution in [3.63, 3.8) is 0 Å². The van der Waals surface area contributed by atoms with Crippen LogP contribution in [0, 0.1) is 0 Å². The molecule has 0 radical (unpaired) electrons. The number of hydrogen-bond donors (Lipinski definition) is 0. The summed E-state index contributed by atoms with van der Waals surface area (Å²) in [6, 6.07) is 8.62. The molecule has 3 aliphatic rings. The van der Waals surface area contributed by atoms with Gasteiger partial charge in [0.1, 0.15) is 5.75 Å². The third kappa shape index (κ3) is 2.92. The van der Waals surface area contributed by atoms with Crippen LogP contribution >= 0.6 is 11.8 Å². The number of ether oxygens (including phenoxy) is 1. The third-order valence-corrected chi connectivity index (χ3v) is 7.05. The number of aromatic nitrogens is 2. The van der Waals surface area contributed by atoms with Crippen LogP contribution in [0.15, 0.2) is 34.4 Å². The first-order valence-electron chi connectivity index (χ1n) is 10.7. The number of aliphatic imine (C=N–C) groups is 1. The van der Waals surface area contributed by atoms with Gasteiger partial charge in [-0.15, -0.1) is 0 Å². The fourth-order valence-corrected chi connectivity index (χ4v) is 5.51. The van der Waals surface area contributed by atoms with Crippen molar-refractivity contribution in [1.29, 1.82) is 0 Å². The molecule has 2 atom stereocenters. The van der Waals surface area contributed by atoms with Gasteiger partial charge in [0.05, 0.1) is 25.7 Å². The van der Waals surface area contributed by atoms with Crippen LogP contribution in [0.4, 0.5) is 5.82 Å². The number of carbonyl (C=O) groups excluding carboxylic acids is 1. The molecule has 0 unspecified atom stereocenters. The number of fused-ring (bicyclic) bond motifs is 5. The molecular formula is C22H27N5O2S. The van der Waals surface area contributed by atoms with E-state index in [2.05, 4.69) is 16.4 Å². The van der Waals surface area contributed by atoms with Gasteiger partial charge in [-0.25, -0.2) is 9.98 Å². The van der Waals surface area contributed by atoms with E-state index in [9.17, 15) is 4.79 Å². The summed E-state index contributed by atoms with van der Waals surface area (Å²) in [5.74, 6) is 3.32. The lowest BCUT2D eigenvalue weighted by Crippen LogP contribution is -2.53. The molecule has 0 spiro atoms. The number of hydrogen-bond acceptors (Lipinski definition) is 6. The number of amides is 1. The second-order valence-electron chi connectivity index (χ2n) is 7.85. The van der Waals surface area contributed by atoms with Crippen molar-refractivity contribution in [3.8, 4) is 5.75 Å². The Morgan fingerprint density at radius 3 is 2.70 bits per heavy atom. The SMILES string of the molecule is CCSc1nc2c(n1Cc1ccc(OC)cc1)C(=O)N(CC)C1=N[C@@H]3CCC[C@@H]3N12. The van der Waals surface area contributed by atoms with Crippen molar-refractivity contribution in [2.75, 3.05) is 24.3 Å². The van der Waals surface area contributed by atoms with Crippen LogP contribution in [0.3, 0.4) is 0 Å². The summed E-state index contributed by atoms with van der Waals surface area (Å²) < 4.78 is 7.38. The summed E-state index contributed by atoms with van der Waals surface area (Å²) in [6.07, 6.45) is 3.38.